The minimum absolute atomic E-state index is 0.0933. The summed E-state index contributed by atoms with van der Waals surface area (Å²) in [4.78, 5) is 6.43. The molecule has 2 N–H and O–H groups in total. The van der Waals surface area contributed by atoms with Crippen LogP contribution in [0, 0.1) is 5.82 Å². The van der Waals surface area contributed by atoms with Gasteiger partial charge in [0.05, 0.1) is 19.8 Å². The van der Waals surface area contributed by atoms with Crippen molar-refractivity contribution >= 4 is 0 Å². The molecule has 1 aromatic heterocycles. The number of nitrogens with zero attached hydrogens (tertiary/aromatic N) is 3. The summed E-state index contributed by atoms with van der Waals surface area (Å²) in [7, 11) is 1.62. The van der Waals surface area contributed by atoms with Gasteiger partial charge in [-0.25, -0.2) is 9.37 Å². The number of aryl methyl sites for hydroxylation is 2. The number of benzene rings is 2. The summed E-state index contributed by atoms with van der Waals surface area (Å²) < 4.78 is 32.5. The van der Waals surface area contributed by atoms with Crippen molar-refractivity contribution in [2.45, 2.75) is 51.0 Å². The standard InChI is InChI=1S/C28H36FN3O5/c1-3-27-30-12-15-32(27)13-4-16-36-25-17-21(5-10-24(25)35-2)18-31-14-11-26(33)28(34,19-31)20-37-23-8-6-22(29)7-9-23/h5-10,12,15,17,26,33-34H,3-4,11,13-14,16,18-20H2,1-2H3/t26-,28-/m0/s1. The van der Waals surface area contributed by atoms with E-state index in [0.29, 0.717) is 43.4 Å². The molecule has 0 unspecified atom stereocenters. The second-order valence-electron chi connectivity index (χ2n) is 9.44. The highest BCUT2D eigenvalue weighted by atomic mass is 19.1. The highest BCUT2D eigenvalue weighted by Crippen LogP contribution is 2.30. The number of β-amino-alcohol motifs (C(OH)–C–C–N with tert-alkyl or cyclic N) is 1. The molecule has 200 valence electrons. The number of likely N-dealkylation sites (tertiary alicyclic amines) is 1. The number of hydrogen-bond donors (Lipinski definition) is 2. The molecule has 4 rings (SSSR count). The van der Waals surface area contributed by atoms with E-state index in [4.69, 9.17) is 14.2 Å². The maximum Gasteiger partial charge on any atom is 0.161 e. The molecule has 0 spiro atoms. The first kappa shape index (κ1) is 26.9. The van der Waals surface area contributed by atoms with E-state index < -0.39 is 11.7 Å². The van der Waals surface area contributed by atoms with Gasteiger partial charge in [-0.05, 0) is 54.8 Å². The van der Waals surface area contributed by atoms with Crippen molar-refractivity contribution in [2.75, 3.05) is 33.4 Å². The lowest BCUT2D eigenvalue weighted by atomic mass is 9.90. The van der Waals surface area contributed by atoms with Gasteiger partial charge in [-0.2, -0.15) is 0 Å². The molecule has 1 fully saturated rings. The number of aliphatic hydroxyl groups excluding tert-OH is 1. The van der Waals surface area contributed by atoms with Crippen LogP contribution in [0.2, 0.25) is 0 Å². The zero-order valence-corrected chi connectivity index (χ0v) is 21.5. The molecule has 0 amide bonds. The molecular formula is C28H36FN3O5. The summed E-state index contributed by atoms with van der Waals surface area (Å²) in [6, 6.07) is 11.4. The Bertz CT molecular complexity index is 1140. The SMILES string of the molecule is CCc1nccn1CCCOc1cc(CN2CC[C@H](O)[C@@](O)(COc3ccc(F)cc3)C2)ccc1OC. The van der Waals surface area contributed by atoms with Gasteiger partial charge in [0, 0.05) is 45.0 Å². The third kappa shape index (κ3) is 7.00. The number of methoxy groups -OCH3 is 1. The zero-order valence-electron chi connectivity index (χ0n) is 21.5. The molecule has 0 bridgehead atoms. The van der Waals surface area contributed by atoms with E-state index >= 15 is 0 Å². The molecule has 2 heterocycles. The monoisotopic (exact) mass is 513 g/mol. The highest BCUT2D eigenvalue weighted by Gasteiger charge is 2.42. The topological polar surface area (TPSA) is 89.2 Å². The average Bonchev–Trinajstić information content (AvgIpc) is 3.36. The summed E-state index contributed by atoms with van der Waals surface area (Å²) in [6.07, 6.45) is 5.04. The molecule has 0 saturated carbocycles. The number of halogens is 1. The Hall–Kier alpha value is -3.14. The Labute approximate surface area is 217 Å². The fraction of sp³-hybridized carbons (Fsp3) is 0.464. The molecule has 1 aliphatic heterocycles. The molecule has 1 saturated heterocycles. The lowest BCUT2D eigenvalue weighted by molar-refractivity contribution is -0.140. The third-order valence-corrected chi connectivity index (χ3v) is 6.69. The van der Waals surface area contributed by atoms with E-state index in [1.165, 1.54) is 24.3 Å². The number of piperidine rings is 1. The molecule has 9 heteroatoms. The molecule has 0 aliphatic carbocycles. The summed E-state index contributed by atoms with van der Waals surface area (Å²) >= 11 is 0. The van der Waals surface area contributed by atoms with Crippen LogP contribution < -0.4 is 14.2 Å². The van der Waals surface area contributed by atoms with E-state index in [2.05, 4.69) is 21.4 Å². The Balaban J connectivity index is 1.34. The fourth-order valence-corrected chi connectivity index (χ4v) is 4.63. The molecule has 1 aliphatic rings. The lowest BCUT2D eigenvalue weighted by Crippen LogP contribution is -2.59. The molecule has 2 aromatic carbocycles. The van der Waals surface area contributed by atoms with Crippen molar-refractivity contribution in [1.82, 2.24) is 14.5 Å². The van der Waals surface area contributed by atoms with E-state index in [0.717, 1.165) is 30.8 Å². The van der Waals surface area contributed by atoms with Gasteiger partial charge in [0.25, 0.3) is 0 Å². The van der Waals surface area contributed by atoms with Crippen LogP contribution in [0.1, 0.15) is 31.2 Å². The average molecular weight is 514 g/mol. The van der Waals surface area contributed by atoms with Gasteiger partial charge in [-0.15, -0.1) is 0 Å². The smallest absolute Gasteiger partial charge is 0.161 e. The van der Waals surface area contributed by atoms with Crippen molar-refractivity contribution in [3.63, 3.8) is 0 Å². The summed E-state index contributed by atoms with van der Waals surface area (Å²) in [5, 5.41) is 21.7. The number of ether oxygens (including phenoxy) is 3. The van der Waals surface area contributed by atoms with Crippen LogP contribution in [0.4, 0.5) is 4.39 Å². The summed E-state index contributed by atoms with van der Waals surface area (Å²) in [5.41, 5.74) is -0.430. The second kappa shape index (κ2) is 12.4. The van der Waals surface area contributed by atoms with Gasteiger partial charge < -0.3 is 29.0 Å². The third-order valence-electron chi connectivity index (χ3n) is 6.69. The zero-order chi connectivity index (χ0) is 26.3. The van der Waals surface area contributed by atoms with Gasteiger partial charge in [-0.1, -0.05) is 13.0 Å². The van der Waals surface area contributed by atoms with Crippen LogP contribution in [0.25, 0.3) is 0 Å². The Morgan fingerprint density at radius 1 is 1.14 bits per heavy atom. The second-order valence-corrected chi connectivity index (χ2v) is 9.44. The van der Waals surface area contributed by atoms with Crippen LogP contribution >= 0.6 is 0 Å². The van der Waals surface area contributed by atoms with Crippen molar-refractivity contribution in [3.05, 3.63) is 72.1 Å². The van der Waals surface area contributed by atoms with E-state index in [9.17, 15) is 14.6 Å². The van der Waals surface area contributed by atoms with Crippen molar-refractivity contribution in [3.8, 4) is 17.2 Å². The number of imidazole rings is 1. The van der Waals surface area contributed by atoms with Crippen molar-refractivity contribution in [2.24, 2.45) is 0 Å². The van der Waals surface area contributed by atoms with E-state index in [1.54, 1.807) is 7.11 Å². The maximum atomic E-state index is 13.2. The summed E-state index contributed by atoms with van der Waals surface area (Å²) in [5.74, 6) is 2.48. The predicted molar refractivity (Wildman–Crippen MR) is 137 cm³/mol. The Morgan fingerprint density at radius 3 is 2.70 bits per heavy atom. The first-order chi connectivity index (χ1) is 17.9. The van der Waals surface area contributed by atoms with Gasteiger partial charge >= 0.3 is 0 Å². The first-order valence-electron chi connectivity index (χ1n) is 12.7. The van der Waals surface area contributed by atoms with Gasteiger partial charge in [0.15, 0.2) is 11.5 Å². The molecule has 0 radical (unpaired) electrons. The lowest BCUT2D eigenvalue weighted by Gasteiger charge is -2.42. The number of aliphatic hydroxyl groups is 2. The van der Waals surface area contributed by atoms with Crippen LogP contribution in [-0.4, -0.2) is 69.8 Å². The predicted octanol–water partition coefficient (Wildman–Crippen LogP) is 3.44. The Kier molecular flexibility index (Phi) is 9.02. The van der Waals surface area contributed by atoms with Gasteiger partial charge in [0.1, 0.15) is 29.6 Å². The fourth-order valence-electron chi connectivity index (χ4n) is 4.63. The molecule has 8 nitrogen and oxygen atoms in total. The summed E-state index contributed by atoms with van der Waals surface area (Å²) in [6.45, 7) is 4.81. The maximum absolute atomic E-state index is 13.2. The number of hydrogen-bond acceptors (Lipinski definition) is 7. The quantitative estimate of drug-likeness (QED) is 0.359. The Morgan fingerprint density at radius 2 is 1.95 bits per heavy atom. The van der Waals surface area contributed by atoms with Gasteiger partial charge in [-0.3, -0.25) is 4.90 Å². The highest BCUT2D eigenvalue weighted by molar-refractivity contribution is 5.43. The van der Waals surface area contributed by atoms with Crippen molar-refractivity contribution < 1.29 is 28.8 Å². The first-order valence-corrected chi connectivity index (χ1v) is 12.7. The van der Waals surface area contributed by atoms with Crippen LogP contribution in [-0.2, 0) is 19.5 Å². The minimum Gasteiger partial charge on any atom is -0.493 e. The number of aromatic nitrogens is 2. The van der Waals surface area contributed by atoms with Crippen LogP contribution in [0.3, 0.4) is 0 Å². The van der Waals surface area contributed by atoms with Crippen LogP contribution in [0.5, 0.6) is 17.2 Å². The van der Waals surface area contributed by atoms with Gasteiger partial charge in [0.2, 0.25) is 0 Å². The van der Waals surface area contributed by atoms with Crippen molar-refractivity contribution in [1.29, 1.82) is 0 Å². The van der Waals surface area contributed by atoms with E-state index in [-0.39, 0.29) is 19.0 Å². The molecule has 2 atom stereocenters. The van der Waals surface area contributed by atoms with E-state index in [1.807, 2.05) is 30.6 Å². The molecule has 3 aromatic rings. The largest absolute Gasteiger partial charge is 0.493 e. The van der Waals surface area contributed by atoms with Crippen LogP contribution in [0.15, 0.2) is 54.9 Å². The minimum atomic E-state index is -1.44. The molecular weight excluding hydrogens is 477 g/mol. The molecule has 37 heavy (non-hydrogen) atoms. The normalized spacial score (nSPS) is 20.1. The number of rotatable bonds is 12.